The minimum atomic E-state index is -0.739. The minimum Gasteiger partial charge on any atom is -0.497 e. The van der Waals surface area contributed by atoms with Gasteiger partial charge in [0.25, 0.3) is 0 Å². The molecule has 22 heavy (non-hydrogen) atoms. The summed E-state index contributed by atoms with van der Waals surface area (Å²) < 4.78 is 20.6. The van der Waals surface area contributed by atoms with Gasteiger partial charge < -0.3 is 18.3 Å². The molecule has 5 nitrogen and oxygen atoms in total. The second kappa shape index (κ2) is 5.81. The van der Waals surface area contributed by atoms with Gasteiger partial charge in [0.2, 0.25) is 0 Å². The Morgan fingerprint density at radius 2 is 1.05 bits per heavy atom. The van der Waals surface area contributed by atoms with Crippen LogP contribution in [0.25, 0.3) is 22.6 Å². The predicted molar refractivity (Wildman–Crippen MR) is 81.2 cm³/mol. The van der Waals surface area contributed by atoms with Crippen molar-refractivity contribution in [1.29, 1.82) is 0 Å². The van der Waals surface area contributed by atoms with Crippen molar-refractivity contribution >= 4 is 0 Å². The fourth-order valence-corrected chi connectivity index (χ4v) is 2.15. The Kier molecular flexibility index (Phi) is 3.70. The maximum Gasteiger partial charge on any atom is 0.519 e. The monoisotopic (exact) mass is 298 g/mol. The number of hydrogen-bond acceptors (Lipinski definition) is 5. The molecular formula is C17H14O5. The summed E-state index contributed by atoms with van der Waals surface area (Å²) in [7, 11) is 3.19. The maximum atomic E-state index is 11.5. The van der Waals surface area contributed by atoms with Crippen LogP contribution in [0.2, 0.25) is 0 Å². The molecule has 0 unspecified atom stereocenters. The molecule has 0 aliphatic rings. The highest BCUT2D eigenvalue weighted by atomic mass is 16.6. The molecule has 0 N–H and O–H groups in total. The van der Waals surface area contributed by atoms with Crippen LogP contribution in [-0.4, -0.2) is 14.2 Å². The maximum absolute atomic E-state index is 11.5. The Morgan fingerprint density at radius 1 is 0.682 bits per heavy atom. The first-order valence-corrected chi connectivity index (χ1v) is 6.64. The lowest BCUT2D eigenvalue weighted by Gasteiger charge is -2.03. The molecule has 1 heterocycles. The summed E-state index contributed by atoms with van der Waals surface area (Å²) in [6.45, 7) is 0. The van der Waals surface area contributed by atoms with Crippen molar-refractivity contribution in [3.63, 3.8) is 0 Å². The Labute approximate surface area is 126 Å². The van der Waals surface area contributed by atoms with Crippen molar-refractivity contribution in [2.24, 2.45) is 0 Å². The molecule has 0 saturated carbocycles. The van der Waals surface area contributed by atoms with Gasteiger partial charge in [0.1, 0.15) is 11.5 Å². The second-order valence-corrected chi connectivity index (χ2v) is 4.57. The van der Waals surface area contributed by atoms with Gasteiger partial charge in [0.05, 0.1) is 14.2 Å². The molecule has 0 saturated heterocycles. The van der Waals surface area contributed by atoms with Crippen LogP contribution in [0.4, 0.5) is 0 Å². The molecule has 2 aromatic carbocycles. The van der Waals surface area contributed by atoms with Gasteiger partial charge in [-0.2, -0.15) is 0 Å². The molecule has 0 bridgehead atoms. The molecule has 0 aliphatic carbocycles. The van der Waals surface area contributed by atoms with Crippen LogP contribution in [0.3, 0.4) is 0 Å². The minimum absolute atomic E-state index is 0.387. The summed E-state index contributed by atoms with van der Waals surface area (Å²) in [5.41, 5.74) is 1.47. The summed E-state index contributed by atoms with van der Waals surface area (Å²) in [5.74, 6) is 1.48. The summed E-state index contributed by atoms with van der Waals surface area (Å²) in [6, 6.07) is 14.4. The molecule has 0 amide bonds. The zero-order chi connectivity index (χ0) is 15.5. The van der Waals surface area contributed by atoms with E-state index >= 15 is 0 Å². The molecule has 5 heteroatoms. The van der Waals surface area contributed by atoms with Crippen molar-refractivity contribution in [3.05, 3.63) is 59.1 Å². The first kappa shape index (κ1) is 14.0. The largest absolute Gasteiger partial charge is 0.519 e. The van der Waals surface area contributed by atoms with Crippen molar-refractivity contribution in [3.8, 4) is 34.1 Å². The predicted octanol–water partition coefficient (Wildman–Crippen LogP) is 3.58. The normalized spacial score (nSPS) is 10.5. The standard InChI is InChI=1S/C17H14O5/c1-19-13-7-3-11(4-8-13)15-16(22-17(18)21-15)12-5-9-14(20-2)10-6-12/h3-10H,1-2H3. The molecule has 0 spiro atoms. The van der Waals surface area contributed by atoms with E-state index in [0.29, 0.717) is 11.5 Å². The Bertz CT molecular complexity index is 742. The lowest BCUT2D eigenvalue weighted by atomic mass is 10.1. The number of methoxy groups -OCH3 is 2. The topological polar surface area (TPSA) is 61.8 Å². The highest BCUT2D eigenvalue weighted by molar-refractivity contribution is 5.75. The molecule has 1 aromatic heterocycles. The van der Waals surface area contributed by atoms with Crippen LogP contribution in [-0.2, 0) is 0 Å². The van der Waals surface area contributed by atoms with Crippen LogP contribution < -0.4 is 15.3 Å². The van der Waals surface area contributed by atoms with Gasteiger partial charge in [-0.1, -0.05) is 0 Å². The van der Waals surface area contributed by atoms with E-state index in [-0.39, 0.29) is 0 Å². The van der Waals surface area contributed by atoms with E-state index in [1.807, 2.05) is 0 Å². The fourth-order valence-electron chi connectivity index (χ4n) is 2.15. The summed E-state index contributed by atoms with van der Waals surface area (Å²) >= 11 is 0. The van der Waals surface area contributed by atoms with Gasteiger partial charge in [0, 0.05) is 11.1 Å². The lowest BCUT2D eigenvalue weighted by molar-refractivity contribution is 0.393. The van der Waals surface area contributed by atoms with Crippen LogP contribution in [0.5, 0.6) is 11.5 Å². The van der Waals surface area contributed by atoms with E-state index in [1.165, 1.54) is 0 Å². The Balaban J connectivity index is 2.06. The smallest absolute Gasteiger partial charge is 0.497 e. The van der Waals surface area contributed by atoms with Crippen LogP contribution in [0.15, 0.2) is 62.2 Å². The van der Waals surface area contributed by atoms with E-state index in [0.717, 1.165) is 22.6 Å². The Morgan fingerprint density at radius 3 is 1.36 bits per heavy atom. The zero-order valence-electron chi connectivity index (χ0n) is 12.2. The summed E-state index contributed by atoms with van der Waals surface area (Å²) in [4.78, 5) is 11.5. The SMILES string of the molecule is COc1ccc(-c2oc(=O)oc2-c2ccc(OC)cc2)cc1. The third-order valence-electron chi connectivity index (χ3n) is 3.28. The van der Waals surface area contributed by atoms with E-state index in [9.17, 15) is 4.79 Å². The average Bonchev–Trinajstić information content (AvgIpc) is 2.97. The number of ether oxygens (including phenoxy) is 2. The number of benzene rings is 2. The lowest BCUT2D eigenvalue weighted by Crippen LogP contribution is -1.86. The second-order valence-electron chi connectivity index (χ2n) is 4.57. The molecular weight excluding hydrogens is 284 g/mol. The molecule has 0 atom stereocenters. The van der Waals surface area contributed by atoms with Gasteiger partial charge in [-0.05, 0) is 48.5 Å². The van der Waals surface area contributed by atoms with Crippen molar-refractivity contribution in [1.82, 2.24) is 0 Å². The van der Waals surface area contributed by atoms with Crippen molar-refractivity contribution in [2.75, 3.05) is 14.2 Å². The van der Waals surface area contributed by atoms with E-state index < -0.39 is 5.82 Å². The van der Waals surface area contributed by atoms with E-state index in [1.54, 1.807) is 62.8 Å². The average molecular weight is 298 g/mol. The van der Waals surface area contributed by atoms with Gasteiger partial charge >= 0.3 is 5.82 Å². The van der Waals surface area contributed by atoms with Crippen molar-refractivity contribution in [2.45, 2.75) is 0 Å². The van der Waals surface area contributed by atoms with E-state index in [2.05, 4.69) is 0 Å². The molecule has 3 rings (SSSR count). The quantitative estimate of drug-likeness (QED) is 0.736. The zero-order valence-corrected chi connectivity index (χ0v) is 12.2. The van der Waals surface area contributed by atoms with E-state index in [4.69, 9.17) is 18.3 Å². The Hall–Kier alpha value is -2.95. The van der Waals surface area contributed by atoms with Gasteiger partial charge in [-0.3, -0.25) is 0 Å². The summed E-state index contributed by atoms with van der Waals surface area (Å²) in [6.07, 6.45) is 0. The highest BCUT2D eigenvalue weighted by Gasteiger charge is 2.17. The molecule has 0 radical (unpaired) electrons. The highest BCUT2D eigenvalue weighted by Crippen LogP contribution is 2.33. The molecule has 0 fully saturated rings. The van der Waals surface area contributed by atoms with Crippen LogP contribution in [0.1, 0.15) is 0 Å². The van der Waals surface area contributed by atoms with Gasteiger partial charge in [-0.25, -0.2) is 4.79 Å². The number of hydrogen-bond donors (Lipinski definition) is 0. The first-order valence-electron chi connectivity index (χ1n) is 6.64. The van der Waals surface area contributed by atoms with Gasteiger partial charge in [-0.15, -0.1) is 0 Å². The third kappa shape index (κ3) is 2.61. The number of rotatable bonds is 4. The van der Waals surface area contributed by atoms with Gasteiger partial charge in [0.15, 0.2) is 11.5 Å². The fraction of sp³-hybridized carbons (Fsp3) is 0.118. The molecule has 0 aliphatic heterocycles. The first-order chi connectivity index (χ1) is 10.7. The third-order valence-corrected chi connectivity index (χ3v) is 3.28. The van der Waals surface area contributed by atoms with Crippen molar-refractivity contribution < 1.29 is 18.3 Å². The van der Waals surface area contributed by atoms with Crippen LogP contribution >= 0.6 is 0 Å². The summed E-state index contributed by atoms with van der Waals surface area (Å²) in [5, 5.41) is 0. The molecule has 3 aromatic rings. The molecule has 112 valence electrons. The van der Waals surface area contributed by atoms with Crippen LogP contribution in [0, 0.1) is 0 Å².